The van der Waals surface area contributed by atoms with Gasteiger partial charge in [-0.2, -0.15) is 10.2 Å². The molecule has 5 heteroatoms. The first-order chi connectivity index (χ1) is 10.2. The van der Waals surface area contributed by atoms with Crippen LogP contribution in [0.25, 0.3) is 0 Å². The first-order valence-electron chi connectivity index (χ1n) is 6.90. The first-order valence-corrected chi connectivity index (χ1v) is 7.28. The minimum Gasteiger partial charge on any atom is -0.381 e. The predicted octanol–water partition coefficient (Wildman–Crippen LogP) is 4.45. The molecule has 1 aliphatic heterocycles. The van der Waals surface area contributed by atoms with E-state index in [2.05, 4.69) is 38.6 Å². The monoisotopic (exact) mass is 300 g/mol. The fraction of sp³-hybridized carbons (Fsp3) is 0.250. The van der Waals surface area contributed by atoms with Crippen LogP contribution in [-0.2, 0) is 6.54 Å². The summed E-state index contributed by atoms with van der Waals surface area (Å²) in [6.45, 7) is 3.99. The lowest BCUT2D eigenvalue weighted by molar-refractivity contribution is 0.941. The van der Waals surface area contributed by atoms with Crippen LogP contribution in [0.2, 0.25) is 5.02 Å². The second-order valence-electron chi connectivity index (χ2n) is 5.06. The van der Waals surface area contributed by atoms with Crippen molar-refractivity contribution in [1.82, 2.24) is 0 Å². The molecular formula is C16H17ClN4. The van der Waals surface area contributed by atoms with E-state index in [9.17, 15) is 0 Å². The van der Waals surface area contributed by atoms with Crippen LogP contribution in [0, 0.1) is 6.92 Å². The van der Waals surface area contributed by atoms with Crippen molar-refractivity contribution in [2.24, 2.45) is 10.2 Å². The van der Waals surface area contributed by atoms with Gasteiger partial charge >= 0.3 is 0 Å². The van der Waals surface area contributed by atoms with Crippen molar-refractivity contribution in [1.29, 1.82) is 0 Å². The Morgan fingerprint density at radius 2 is 1.90 bits per heavy atom. The topological polar surface area (TPSA) is 40.0 Å². The highest BCUT2D eigenvalue weighted by atomic mass is 35.5. The molecule has 0 bridgehead atoms. The largest absolute Gasteiger partial charge is 0.381 e. The third-order valence-electron chi connectivity index (χ3n) is 3.53. The molecule has 0 atom stereocenters. The molecule has 0 radical (unpaired) electrons. The minimum atomic E-state index is 0.632. The smallest absolute Gasteiger partial charge is 0.133 e. The van der Waals surface area contributed by atoms with E-state index in [1.54, 1.807) is 0 Å². The normalized spacial score (nSPS) is 13.7. The van der Waals surface area contributed by atoms with Gasteiger partial charge in [-0.3, -0.25) is 0 Å². The number of aryl methyl sites for hydroxylation is 1. The minimum absolute atomic E-state index is 0.632. The van der Waals surface area contributed by atoms with E-state index in [1.807, 2.05) is 31.2 Å². The van der Waals surface area contributed by atoms with Crippen molar-refractivity contribution in [2.75, 3.05) is 23.6 Å². The van der Waals surface area contributed by atoms with Crippen LogP contribution in [0.4, 0.5) is 11.4 Å². The Labute approximate surface area is 129 Å². The maximum Gasteiger partial charge on any atom is 0.133 e. The molecule has 21 heavy (non-hydrogen) atoms. The summed E-state index contributed by atoms with van der Waals surface area (Å²) in [6.07, 6.45) is 0. The van der Waals surface area contributed by atoms with Crippen LogP contribution < -0.4 is 10.2 Å². The van der Waals surface area contributed by atoms with Gasteiger partial charge in [-0.25, -0.2) is 0 Å². The second kappa shape index (κ2) is 6.14. The Kier molecular flexibility index (Phi) is 4.06. The van der Waals surface area contributed by atoms with Gasteiger partial charge in [0.05, 0.1) is 0 Å². The maximum absolute atomic E-state index is 6.32. The lowest BCUT2D eigenvalue weighted by Gasteiger charge is -2.16. The molecule has 1 N–H and O–H groups in total. The summed E-state index contributed by atoms with van der Waals surface area (Å²) in [6, 6.07) is 14.4. The Balaban J connectivity index is 1.70. The summed E-state index contributed by atoms with van der Waals surface area (Å²) in [4.78, 5) is 2.12. The molecule has 0 saturated carbocycles. The quantitative estimate of drug-likeness (QED) is 0.906. The third kappa shape index (κ3) is 3.16. The van der Waals surface area contributed by atoms with Gasteiger partial charge in [0.2, 0.25) is 0 Å². The third-order valence-corrected chi connectivity index (χ3v) is 4.07. The number of hydrogen-bond acceptors (Lipinski definition) is 4. The van der Waals surface area contributed by atoms with Gasteiger partial charge in [0.25, 0.3) is 0 Å². The highest BCUT2D eigenvalue weighted by molar-refractivity contribution is 6.32. The predicted molar refractivity (Wildman–Crippen MR) is 87.0 cm³/mol. The molecule has 0 fully saturated rings. The molecule has 0 unspecified atom stereocenters. The Hall–Kier alpha value is -2.07. The van der Waals surface area contributed by atoms with Gasteiger partial charge in [-0.1, -0.05) is 35.9 Å². The molecule has 4 nitrogen and oxygen atoms in total. The van der Waals surface area contributed by atoms with Crippen LogP contribution in [0.3, 0.4) is 0 Å². The second-order valence-corrected chi connectivity index (χ2v) is 5.44. The van der Waals surface area contributed by atoms with Crippen LogP contribution in [0.5, 0.6) is 0 Å². The molecule has 0 saturated heterocycles. The number of anilines is 2. The molecule has 108 valence electrons. The summed E-state index contributed by atoms with van der Waals surface area (Å²) in [5.41, 5.74) is 4.40. The summed E-state index contributed by atoms with van der Waals surface area (Å²) in [5, 5.41) is 12.2. The number of nitrogens with zero attached hydrogens (tertiary/aromatic N) is 3. The van der Waals surface area contributed by atoms with Crippen molar-refractivity contribution in [3.8, 4) is 0 Å². The van der Waals surface area contributed by atoms with Crippen LogP contribution >= 0.6 is 11.6 Å². The number of rotatable bonds is 4. The lowest BCUT2D eigenvalue weighted by Crippen LogP contribution is -2.18. The summed E-state index contributed by atoms with van der Waals surface area (Å²) >= 11 is 6.32. The van der Waals surface area contributed by atoms with E-state index < -0.39 is 0 Å². The molecule has 0 aliphatic carbocycles. The Morgan fingerprint density at radius 3 is 2.71 bits per heavy atom. The van der Waals surface area contributed by atoms with E-state index >= 15 is 0 Å². The van der Waals surface area contributed by atoms with E-state index in [1.165, 1.54) is 0 Å². The molecule has 0 spiro atoms. The number of nitrogens with one attached hydrogen (secondary N) is 1. The zero-order chi connectivity index (χ0) is 14.7. The van der Waals surface area contributed by atoms with Crippen molar-refractivity contribution >= 4 is 23.0 Å². The molecular weight excluding hydrogens is 284 g/mol. The summed E-state index contributed by atoms with van der Waals surface area (Å²) in [5.74, 6) is 0. The van der Waals surface area contributed by atoms with Crippen molar-refractivity contribution in [3.05, 3.63) is 58.6 Å². The number of hydrogen-bond donors (Lipinski definition) is 1. The zero-order valence-corrected chi connectivity index (χ0v) is 12.6. The van der Waals surface area contributed by atoms with E-state index in [0.717, 1.165) is 27.5 Å². The molecule has 2 aromatic rings. The highest BCUT2D eigenvalue weighted by Crippen LogP contribution is 2.24. The Morgan fingerprint density at radius 1 is 1.14 bits per heavy atom. The number of halogens is 1. The van der Waals surface area contributed by atoms with Gasteiger partial charge in [0, 0.05) is 22.9 Å². The first kappa shape index (κ1) is 13.9. The molecule has 2 aromatic carbocycles. The van der Waals surface area contributed by atoms with Gasteiger partial charge in [0.15, 0.2) is 0 Å². The fourth-order valence-corrected chi connectivity index (χ4v) is 2.50. The Bertz CT molecular complexity index is 661. The SMILES string of the molecule is Cc1cccc(CNc2cccc(N3CN=NC3)c2)c1Cl. The fourth-order valence-electron chi connectivity index (χ4n) is 2.30. The van der Waals surface area contributed by atoms with Crippen LogP contribution in [0.1, 0.15) is 11.1 Å². The van der Waals surface area contributed by atoms with Crippen LogP contribution in [-0.4, -0.2) is 13.3 Å². The van der Waals surface area contributed by atoms with E-state index in [0.29, 0.717) is 19.9 Å². The van der Waals surface area contributed by atoms with Crippen LogP contribution in [0.15, 0.2) is 52.7 Å². The standard InChI is InChI=1S/C16H17ClN4/c1-12-4-2-5-13(16(12)17)9-18-14-6-3-7-15(8-14)21-10-19-20-11-21/h2-8,18H,9-11H2,1H3. The molecule has 1 heterocycles. The van der Waals surface area contributed by atoms with Gasteiger partial charge < -0.3 is 10.2 Å². The zero-order valence-electron chi connectivity index (χ0n) is 11.9. The van der Waals surface area contributed by atoms with Crippen molar-refractivity contribution in [3.63, 3.8) is 0 Å². The average Bonchev–Trinajstić information content (AvgIpc) is 3.03. The molecule has 0 amide bonds. The maximum atomic E-state index is 6.32. The van der Waals surface area contributed by atoms with Gasteiger partial charge in [0.1, 0.15) is 13.3 Å². The summed E-state index contributed by atoms with van der Waals surface area (Å²) in [7, 11) is 0. The van der Waals surface area contributed by atoms with Gasteiger partial charge in [-0.15, -0.1) is 0 Å². The van der Waals surface area contributed by atoms with Crippen molar-refractivity contribution < 1.29 is 0 Å². The molecule has 1 aliphatic rings. The van der Waals surface area contributed by atoms with E-state index in [4.69, 9.17) is 11.6 Å². The van der Waals surface area contributed by atoms with Gasteiger partial charge in [-0.05, 0) is 36.2 Å². The number of benzene rings is 2. The lowest BCUT2D eigenvalue weighted by atomic mass is 10.1. The van der Waals surface area contributed by atoms with E-state index in [-0.39, 0.29) is 0 Å². The van der Waals surface area contributed by atoms with Crippen molar-refractivity contribution in [2.45, 2.75) is 13.5 Å². The average molecular weight is 301 g/mol. The highest BCUT2D eigenvalue weighted by Gasteiger charge is 2.10. The number of azo groups is 1. The molecule has 0 aromatic heterocycles. The summed E-state index contributed by atoms with van der Waals surface area (Å²) < 4.78 is 0. The molecule has 3 rings (SSSR count).